The first kappa shape index (κ1) is 15.9. The summed E-state index contributed by atoms with van der Waals surface area (Å²) >= 11 is 0. The molecule has 3 unspecified atom stereocenters. The highest BCUT2D eigenvalue weighted by Gasteiger charge is 2.44. The second-order valence-electron chi connectivity index (χ2n) is 7.05. The van der Waals surface area contributed by atoms with Crippen LogP contribution in [0.2, 0.25) is 0 Å². The standard InChI is InChI=1S/C21H21NO3/c23-20(15-4-2-1-3-5-15)22-17-8-10-18(11-9-17)25-21(24)19-13-14-6-7-16(19)12-14/h1-5,8-11,14,16,19H,6-7,12-13H2,(H,22,23). The van der Waals surface area contributed by atoms with Gasteiger partial charge < -0.3 is 10.1 Å². The Balaban J connectivity index is 1.35. The number of fused-ring (bicyclic) bond motifs is 2. The fourth-order valence-corrected chi connectivity index (χ4v) is 4.12. The first-order valence-corrected chi connectivity index (χ1v) is 8.87. The highest BCUT2D eigenvalue weighted by molar-refractivity contribution is 6.04. The topological polar surface area (TPSA) is 55.4 Å². The van der Waals surface area contributed by atoms with Gasteiger partial charge >= 0.3 is 5.97 Å². The van der Waals surface area contributed by atoms with Crippen molar-refractivity contribution >= 4 is 17.6 Å². The molecule has 2 bridgehead atoms. The summed E-state index contributed by atoms with van der Waals surface area (Å²) in [6.07, 6.45) is 4.60. The Labute approximate surface area is 147 Å². The molecule has 1 N–H and O–H groups in total. The number of amides is 1. The summed E-state index contributed by atoms with van der Waals surface area (Å²) in [5, 5.41) is 2.84. The molecule has 2 aliphatic rings. The number of carbonyl (C=O) groups excluding carboxylic acids is 2. The Hall–Kier alpha value is -2.62. The molecule has 3 atom stereocenters. The SMILES string of the molecule is O=C(Nc1ccc(OC(=O)C2CC3CCC2C3)cc1)c1ccccc1. The molecule has 0 saturated heterocycles. The van der Waals surface area contributed by atoms with E-state index in [9.17, 15) is 9.59 Å². The molecule has 0 aliphatic heterocycles. The van der Waals surface area contributed by atoms with Crippen LogP contribution in [0.4, 0.5) is 5.69 Å². The predicted molar refractivity (Wildman–Crippen MR) is 95.4 cm³/mol. The lowest BCUT2D eigenvalue weighted by Crippen LogP contribution is -2.25. The van der Waals surface area contributed by atoms with E-state index in [-0.39, 0.29) is 17.8 Å². The first-order chi connectivity index (χ1) is 12.2. The van der Waals surface area contributed by atoms with E-state index in [1.807, 2.05) is 18.2 Å². The largest absolute Gasteiger partial charge is 0.426 e. The van der Waals surface area contributed by atoms with Gasteiger partial charge in [0.1, 0.15) is 5.75 Å². The molecule has 2 aliphatic carbocycles. The van der Waals surface area contributed by atoms with Crippen LogP contribution in [0.1, 0.15) is 36.0 Å². The van der Waals surface area contributed by atoms with Crippen molar-refractivity contribution in [1.82, 2.24) is 0 Å². The Morgan fingerprint density at radius 1 is 0.920 bits per heavy atom. The molecule has 2 aromatic carbocycles. The van der Waals surface area contributed by atoms with Crippen molar-refractivity contribution in [3.8, 4) is 5.75 Å². The van der Waals surface area contributed by atoms with E-state index in [0.29, 0.717) is 22.9 Å². The zero-order chi connectivity index (χ0) is 17.2. The van der Waals surface area contributed by atoms with Gasteiger partial charge in [0.15, 0.2) is 0 Å². The molecule has 0 aromatic heterocycles. The minimum atomic E-state index is -0.160. The maximum atomic E-state index is 12.4. The van der Waals surface area contributed by atoms with Gasteiger partial charge in [0.2, 0.25) is 0 Å². The number of ether oxygens (including phenoxy) is 1. The molecular weight excluding hydrogens is 314 g/mol. The van der Waals surface area contributed by atoms with Crippen LogP contribution < -0.4 is 10.1 Å². The van der Waals surface area contributed by atoms with Gasteiger partial charge in [-0.2, -0.15) is 0 Å². The normalized spacial score (nSPS) is 24.1. The second-order valence-corrected chi connectivity index (χ2v) is 7.05. The molecule has 0 heterocycles. The van der Waals surface area contributed by atoms with Crippen molar-refractivity contribution in [1.29, 1.82) is 0 Å². The van der Waals surface area contributed by atoms with E-state index in [0.717, 1.165) is 18.8 Å². The van der Waals surface area contributed by atoms with E-state index in [1.54, 1.807) is 36.4 Å². The van der Waals surface area contributed by atoms with Gasteiger partial charge in [-0.05, 0) is 67.5 Å². The molecule has 1 amide bonds. The summed E-state index contributed by atoms with van der Waals surface area (Å²) in [4.78, 5) is 24.5. The summed E-state index contributed by atoms with van der Waals surface area (Å²) in [7, 11) is 0. The van der Waals surface area contributed by atoms with Crippen molar-refractivity contribution in [2.75, 3.05) is 5.32 Å². The highest BCUT2D eigenvalue weighted by atomic mass is 16.5. The Morgan fingerprint density at radius 2 is 1.68 bits per heavy atom. The van der Waals surface area contributed by atoms with Gasteiger partial charge in [-0.3, -0.25) is 9.59 Å². The fraction of sp³-hybridized carbons (Fsp3) is 0.333. The third kappa shape index (κ3) is 3.43. The molecule has 2 saturated carbocycles. The van der Waals surface area contributed by atoms with Crippen LogP contribution in [0.15, 0.2) is 54.6 Å². The van der Waals surface area contributed by atoms with Gasteiger partial charge in [0.25, 0.3) is 5.91 Å². The van der Waals surface area contributed by atoms with Gasteiger partial charge in [0.05, 0.1) is 5.92 Å². The zero-order valence-electron chi connectivity index (χ0n) is 14.0. The van der Waals surface area contributed by atoms with Crippen LogP contribution in [-0.2, 0) is 4.79 Å². The molecule has 0 radical (unpaired) electrons. The number of nitrogens with one attached hydrogen (secondary N) is 1. The number of hydrogen-bond acceptors (Lipinski definition) is 3. The van der Waals surface area contributed by atoms with E-state index in [4.69, 9.17) is 4.74 Å². The van der Waals surface area contributed by atoms with Crippen LogP contribution in [0.5, 0.6) is 5.75 Å². The quantitative estimate of drug-likeness (QED) is 0.670. The van der Waals surface area contributed by atoms with Crippen molar-refractivity contribution in [2.45, 2.75) is 25.7 Å². The third-order valence-corrected chi connectivity index (χ3v) is 5.41. The lowest BCUT2D eigenvalue weighted by molar-refractivity contribution is -0.140. The number of rotatable bonds is 4. The number of esters is 1. The lowest BCUT2D eigenvalue weighted by atomic mass is 9.89. The van der Waals surface area contributed by atoms with E-state index in [1.165, 1.54) is 12.8 Å². The van der Waals surface area contributed by atoms with Gasteiger partial charge in [-0.1, -0.05) is 24.6 Å². The van der Waals surface area contributed by atoms with Crippen LogP contribution >= 0.6 is 0 Å². The van der Waals surface area contributed by atoms with Gasteiger partial charge in [0, 0.05) is 11.3 Å². The van der Waals surface area contributed by atoms with Crippen molar-refractivity contribution in [3.63, 3.8) is 0 Å². The third-order valence-electron chi connectivity index (χ3n) is 5.41. The number of carbonyl (C=O) groups is 2. The predicted octanol–water partition coefficient (Wildman–Crippen LogP) is 4.28. The molecule has 25 heavy (non-hydrogen) atoms. The summed E-state index contributed by atoms with van der Waals surface area (Å²) in [6.45, 7) is 0. The molecular formula is C21H21NO3. The van der Waals surface area contributed by atoms with Crippen LogP contribution in [0.3, 0.4) is 0 Å². The average molecular weight is 335 g/mol. The molecule has 0 spiro atoms. The average Bonchev–Trinajstić information content (AvgIpc) is 3.27. The summed E-state index contributed by atoms with van der Waals surface area (Å²) in [6, 6.07) is 16.0. The minimum absolute atomic E-state index is 0.0659. The Bertz CT molecular complexity index is 769. The minimum Gasteiger partial charge on any atom is -0.426 e. The Morgan fingerprint density at radius 3 is 2.32 bits per heavy atom. The number of hydrogen-bond donors (Lipinski definition) is 1. The maximum absolute atomic E-state index is 12.4. The maximum Gasteiger partial charge on any atom is 0.314 e. The summed E-state index contributed by atoms with van der Waals surface area (Å²) < 4.78 is 5.54. The van der Waals surface area contributed by atoms with Crippen molar-refractivity contribution in [3.05, 3.63) is 60.2 Å². The van der Waals surface area contributed by atoms with Gasteiger partial charge in [-0.15, -0.1) is 0 Å². The molecule has 2 fully saturated rings. The van der Waals surface area contributed by atoms with E-state index in [2.05, 4.69) is 5.32 Å². The van der Waals surface area contributed by atoms with E-state index >= 15 is 0 Å². The fourth-order valence-electron chi connectivity index (χ4n) is 4.12. The van der Waals surface area contributed by atoms with Gasteiger partial charge in [-0.25, -0.2) is 0 Å². The smallest absolute Gasteiger partial charge is 0.314 e. The van der Waals surface area contributed by atoms with Crippen LogP contribution in [0, 0.1) is 17.8 Å². The molecule has 2 aromatic rings. The summed E-state index contributed by atoms with van der Waals surface area (Å²) in [5.74, 6) is 1.57. The van der Waals surface area contributed by atoms with Crippen molar-refractivity contribution in [2.24, 2.45) is 17.8 Å². The number of benzene rings is 2. The molecule has 128 valence electrons. The summed E-state index contributed by atoms with van der Waals surface area (Å²) in [5.41, 5.74) is 1.28. The number of anilines is 1. The lowest BCUT2D eigenvalue weighted by Gasteiger charge is -2.19. The van der Waals surface area contributed by atoms with Crippen molar-refractivity contribution < 1.29 is 14.3 Å². The Kier molecular flexibility index (Phi) is 4.26. The highest BCUT2D eigenvalue weighted by Crippen LogP contribution is 2.48. The molecule has 4 rings (SSSR count). The van der Waals surface area contributed by atoms with Crippen LogP contribution in [0.25, 0.3) is 0 Å². The second kappa shape index (κ2) is 6.71. The first-order valence-electron chi connectivity index (χ1n) is 8.87. The molecule has 4 heteroatoms. The van der Waals surface area contributed by atoms with Crippen LogP contribution in [-0.4, -0.2) is 11.9 Å². The zero-order valence-corrected chi connectivity index (χ0v) is 14.0. The monoisotopic (exact) mass is 335 g/mol. The van der Waals surface area contributed by atoms with E-state index < -0.39 is 0 Å². The molecule has 4 nitrogen and oxygen atoms in total.